The lowest BCUT2D eigenvalue weighted by Crippen LogP contribution is -2.17. The molecule has 2 N–H and O–H groups in total. The molecular formula is C13H20N2O2. The molecule has 1 aromatic carbocycles. The summed E-state index contributed by atoms with van der Waals surface area (Å²) in [6.45, 7) is 1.89. The SMILES string of the molecule is CCC(C(=O)O)c1cc(NC)ccc1N(C)C. The fourth-order valence-electron chi connectivity index (χ4n) is 1.92. The number of nitrogens with one attached hydrogen (secondary N) is 1. The Bertz CT molecular complexity index is 402. The van der Waals surface area contributed by atoms with Crippen molar-refractivity contribution in [2.45, 2.75) is 19.3 Å². The molecule has 4 nitrogen and oxygen atoms in total. The number of carbonyl (C=O) groups is 1. The molecule has 0 saturated heterocycles. The maximum atomic E-state index is 11.3. The molecular weight excluding hydrogens is 216 g/mol. The molecule has 1 rings (SSSR count). The molecule has 0 heterocycles. The van der Waals surface area contributed by atoms with Gasteiger partial charge in [-0.3, -0.25) is 4.79 Å². The number of anilines is 2. The standard InChI is InChI=1S/C13H20N2O2/c1-5-10(13(16)17)11-8-9(14-2)6-7-12(11)15(3)4/h6-8,10,14H,5H2,1-4H3,(H,16,17). The molecule has 1 aromatic rings. The summed E-state index contributed by atoms with van der Waals surface area (Å²) < 4.78 is 0. The first kappa shape index (κ1) is 13.4. The van der Waals surface area contributed by atoms with Gasteiger partial charge in [-0.25, -0.2) is 0 Å². The normalized spacial score (nSPS) is 12.0. The van der Waals surface area contributed by atoms with Crippen LogP contribution in [-0.4, -0.2) is 32.2 Å². The van der Waals surface area contributed by atoms with Crippen molar-refractivity contribution in [3.63, 3.8) is 0 Å². The van der Waals surface area contributed by atoms with Crippen LogP contribution in [0.15, 0.2) is 18.2 Å². The van der Waals surface area contributed by atoms with Crippen LogP contribution in [0.2, 0.25) is 0 Å². The zero-order valence-corrected chi connectivity index (χ0v) is 10.8. The molecule has 17 heavy (non-hydrogen) atoms. The molecule has 0 aromatic heterocycles. The number of hydrogen-bond acceptors (Lipinski definition) is 3. The predicted molar refractivity (Wildman–Crippen MR) is 71.0 cm³/mol. The molecule has 0 bridgehead atoms. The minimum atomic E-state index is -0.774. The molecule has 0 aliphatic rings. The Morgan fingerprint density at radius 2 is 2.12 bits per heavy atom. The van der Waals surface area contributed by atoms with Crippen LogP contribution in [0.25, 0.3) is 0 Å². The smallest absolute Gasteiger partial charge is 0.311 e. The van der Waals surface area contributed by atoms with Crippen molar-refractivity contribution in [1.29, 1.82) is 0 Å². The van der Waals surface area contributed by atoms with Crippen LogP contribution in [0.1, 0.15) is 24.8 Å². The maximum Gasteiger partial charge on any atom is 0.311 e. The van der Waals surface area contributed by atoms with E-state index < -0.39 is 11.9 Å². The summed E-state index contributed by atoms with van der Waals surface area (Å²) in [6.07, 6.45) is 0.587. The average molecular weight is 236 g/mol. The maximum absolute atomic E-state index is 11.3. The zero-order chi connectivity index (χ0) is 13.0. The van der Waals surface area contributed by atoms with Crippen molar-refractivity contribution in [2.75, 3.05) is 31.4 Å². The van der Waals surface area contributed by atoms with Gasteiger partial charge in [0.05, 0.1) is 5.92 Å². The molecule has 1 unspecified atom stereocenters. The van der Waals surface area contributed by atoms with Crippen LogP contribution in [-0.2, 0) is 4.79 Å². The van der Waals surface area contributed by atoms with Gasteiger partial charge >= 0.3 is 5.97 Å². The Labute approximate surface area is 102 Å². The quantitative estimate of drug-likeness (QED) is 0.824. The number of nitrogens with zero attached hydrogens (tertiary/aromatic N) is 1. The van der Waals surface area contributed by atoms with Gasteiger partial charge in [-0.2, -0.15) is 0 Å². The van der Waals surface area contributed by atoms with E-state index in [-0.39, 0.29) is 0 Å². The van der Waals surface area contributed by atoms with E-state index >= 15 is 0 Å². The van der Waals surface area contributed by atoms with E-state index in [1.165, 1.54) is 0 Å². The highest BCUT2D eigenvalue weighted by Crippen LogP contribution is 2.31. The number of aliphatic carboxylic acids is 1. The second-order valence-corrected chi connectivity index (χ2v) is 4.22. The van der Waals surface area contributed by atoms with Gasteiger partial charge in [0, 0.05) is 32.5 Å². The van der Waals surface area contributed by atoms with Crippen molar-refractivity contribution in [3.05, 3.63) is 23.8 Å². The molecule has 94 valence electrons. The first-order valence-electron chi connectivity index (χ1n) is 5.73. The van der Waals surface area contributed by atoms with E-state index in [0.29, 0.717) is 6.42 Å². The molecule has 0 fully saturated rings. The monoisotopic (exact) mass is 236 g/mol. The van der Waals surface area contributed by atoms with E-state index in [2.05, 4.69) is 5.32 Å². The van der Waals surface area contributed by atoms with Gasteiger partial charge < -0.3 is 15.3 Å². The van der Waals surface area contributed by atoms with E-state index in [0.717, 1.165) is 16.9 Å². The topological polar surface area (TPSA) is 52.6 Å². The summed E-state index contributed by atoms with van der Waals surface area (Å²) in [5.74, 6) is -1.23. The first-order chi connectivity index (χ1) is 8.01. The molecule has 4 heteroatoms. The van der Waals surface area contributed by atoms with Gasteiger partial charge in [0.25, 0.3) is 0 Å². The van der Waals surface area contributed by atoms with Crippen LogP contribution in [0.5, 0.6) is 0 Å². The van der Waals surface area contributed by atoms with Crippen LogP contribution in [0.4, 0.5) is 11.4 Å². The third-order valence-electron chi connectivity index (χ3n) is 2.88. The summed E-state index contributed by atoms with van der Waals surface area (Å²) in [5, 5.41) is 12.3. The summed E-state index contributed by atoms with van der Waals surface area (Å²) in [5.41, 5.74) is 2.75. The molecule has 0 saturated carbocycles. The van der Waals surface area contributed by atoms with E-state index in [4.69, 9.17) is 0 Å². The van der Waals surface area contributed by atoms with Crippen molar-refractivity contribution in [2.24, 2.45) is 0 Å². The highest BCUT2D eigenvalue weighted by atomic mass is 16.4. The lowest BCUT2D eigenvalue weighted by atomic mass is 9.94. The summed E-state index contributed by atoms with van der Waals surface area (Å²) in [7, 11) is 5.68. The molecule has 0 amide bonds. The largest absolute Gasteiger partial charge is 0.481 e. The second kappa shape index (κ2) is 5.57. The molecule has 1 atom stereocenters. The van der Waals surface area contributed by atoms with Gasteiger partial charge in [0.1, 0.15) is 0 Å². The second-order valence-electron chi connectivity index (χ2n) is 4.22. The van der Waals surface area contributed by atoms with Crippen LogP contribution in [0, 0.1) is 0 Å². The molecule has 0 radical (unpaired) electrons. The summed E-state index contributed by atoms with van der Waals surface area (Å²) >= 11 is 0. The highest BCUT2D eigenvalue weighted by molar-refractivity contribution is 5.80. The van der Waals surface area contributed by atoms with Crippen LogP contribution >= 0.6 is 0 Å². The van der Waals surface area contributed by atoms with E-state index in [1.807, 2.05) is 51.2 Å². The zero-order valence-electron chi connectivity index (χ0n) is 10.8. The molecule has 0 aliphatic carbocycles. The number of carboxylic acids is 1. The average Bonchev–Trinajstić information content (AvgIpc) is 2.29. The van der Waals surface area contributed by atoms with Crippen molar-refractivity contribution in [1.82, 2.24) is 0 Å². The Morgan fingerprint density at radius 3 is 2.53 bits per heavy atom. The summed E-state index contributed by atoms with van der Waals surface area (Å²) in [6, 6.07) is 5.82. The third kappa shape index (κ3) is 2.90. The van der Waals surface area contributed by atoms with Gasteiger partial charge in [0.2, 0.25) is 0 Å². The van der Waals surface area contributed by atoms with Crippen LogP contribution < -0.4 is 10.2 Å². The number of hydrogen-bond donors (Lipinski definition) is 2. The number of carboxylic acid groups (broad SMARTS) is 1. The van der Waals surface area contributed by atoms with Gasteiger partial charge in [-0.05, 0) is 30.2 Å². The molecule has 0 spiro atoms. The minimum Gasteiger partial charge on any atom is -0.481 e. The minimum absolute atomic E-state index is 0.458. The molecule has 0 aliphatic heterocycles. The van der Waals surface area contributed by atoms with E-state index in [9.17, 15) is 9.90 Å². The highest BCUT2D eigenvalue weighted by Gasteiger charge is 2.21. The lowest BCUT2D eigenvalue weighted by molar-refractivity contribution is -0.138. The van der Waals surface area contributed by atoms with Crippen molar-refractivity contribution in [3.8, 4) is 0 Å². The summed E-state index contributed by atoms with van der Waals surface area (Å²) in [4.78, 5) is 13.2. The Morgan fingerprint density at radius 1 is 1.47 bits per heavy atom. The van der Waals surface area contributed by atoms with Gasteiger partial charge in [-0.1, -0.05) is 6.92 Å². The Hall–Kier alpha value is -1.71. The van der Waals surface area contributed by atoms with Gasteiger partial charge in [0.15, 0.2) is 0 Å². The van der Waals surface area contributed by atoms with Crippen LogP contribution in [0.3, 0.4) is 0 Å². The first-order valence-corrected chi connectivity index (χ1v) is 5.73. The third-order valence-corrected chi connectivity index (χ3v) is 2.88. The Kier molecular flexibility index (Phi) is 4.37. The lowest BCUT2D eigenvalue weighted by Gasteiger charge is -2.22. The van der Waals surface area contributed by atoms with Gasteiger partial charge in [-0.15, -0.1) is 0 Å². The fraction of sp³-hybridized carbons (Fsp3) is 0.462. The fourth-order valence-corrected chi connectivity index (χ4v) is 1.92. The van der Waals surface area contributed by atoms with E-state index in [1.54, 1.807) is 0 Å². The number of benzene rings is 1. The van der Waals surface area contributed by atoms with Crippen molar-refractivity contribution < 1.29 is 9.90 Å². The Balaban J connectivity index is 3.29. The predicted octanol–water partition coefficient (Wildman–Crippen LogP) is 2.37. The number of rotatable bonds is 5. The van der Waals surface area contributed by atoms with Crippen molar-refractivity contribution >= 4 is 17.3 Å².